The van der Waals surface area contributed by atoms with Gasteiger partial charge in [-0.15, -0.1) is 0 Å². The van der Waals surface area contributed by atoms with E-state index in [0.717, 1.165) is 26.1 Å². The first kappa shape index (κ1) is 25.1. The van der Waals surface area contributed by atoms with Crippen LogP contribution in [0, 0.1) is 11.8 Å². The molecule has 1 aliphatic rings. The Hall–Kier alpha value is -2.19. The molecule has 1 saturated heterocycles. The number of ether oxygens (including phenoxy) is 1. The quantitative estimate of drug-likeness (QED) is 0.606. The zero-order valence-corrected chi connectivity index (χ0v) is 19.6. The zero-order valence-electron chi connectivity index (χ0n) is 19.6. The van der Waals surface area contributed by atoms with Crippen molar-refractivity contribution in [3.8, 4) is 0 Å². The van der Waals surface area contributed by atoms with Crippen LogP contribution < -0.4 is 10.7 Å². The van der Waals surface area contributed by atoms with Gasteiger partial charge < -0.3 is 19.5 Å². The topological polar surface area (TPSA) is 83.9 Å². The number of aryl methyl sites for hydroxylation is 1. The Morgan fingerprint density at radius 3 is 2.23 bits per heavy atom. The van der Waals surface area contributed by atoms with Crippen LogP contribution in [0.25, 0.3) is 0 Å². The maximum atomic E-state index is 13.2. The summed E-state index contributed by atoms with van der Waals surface area (Å²) in [4.78, 5) is 42.9. The van der Waals surface area contributed by atoms with Crippen molar-refractivity contribution in [3.63, 3.8) is 0 Å². The number of hydrogen-bond acceptors (Lipinski definition) is 5. The number of carbonyl (C=O) groups excluding carboxylic acids is 2. The molecule has 31 heavy (non-hydrogen) atoms. The van der Waals surface area contributed by atoms with Gasteiger partial charge in [-0.25, -0.2) is 0 Å². The van der Waals surface area contributed by atoms with Crippen LogP contribution in [0.3, 0.4) is 0 Å². The normalized spacial score (nSPS) is 15.0. The number of pyridine rings is 1. The van der Waals surface area contributed by atoms with Crippen LogP contribution in [0.5, 0.6) is 0 Å². The van der Waals surface area contributed by atoms with Gasteiger partial charge in [0.1, 0.15) is 11.1 Å². The van der Waals surface area contributed by atoms with Crippen molar-refractivity contribution >= 4 is 11.8 Å². The monoisotopic (exact) mass is 434 g/mol. The summed E-state index contributed by atoms with van der Waals surface area (Å²) in [6.07, 6.45) is 4.09. The van der Waals surface area contributed by atoms with Gasteiger partial charge in [-0.2, -0.15) is 0 Å². The van der Waals surface area contributed by atoms with E-state index in [-0.39, 0.29) is 23.0 Å². The highest BCUT2D eigenvalue weighted by Crippen LogP contribution is 2.10. The highest BCUT2D eigenvalue weighted by Gasteiger charge is 2.26. The lowest BCUT2D eigenvalue weighted by molar-refractivity contribution is 0.0592. The van der Waals surface area contributed by atoms with E-state index >= 15 is 0 Å². The minimum absolute atomic E-state index is 0.0361. The number of hydrogen-bond donors (Lipinski definition) is 1. The number of aromatic nitrogens is 1. The van der Waals surface area contributed by atoms with Crippen LogP contribution in [-0.2, 0) is 11.3 Å². The Morgan fingerprint density at radius 1 is 1.00 bits per heavy atom. The molecule has 1 aromatic rings. The Kier molecular flexibility index (Phi) is 9.71. The number of nitrogens with one attached hydrogen (secondary N) is 1. The molecular formula is C23H38N4O4. The molecule has 0 bridgehead atoms. The maximum Gasteiger partial charge on any atom is 0.259 e. The van der Waals surface area contributed by atoms with Crippen LogP contribution in [0.4, 0.5) is 0 Å². The fourth-order valence-electron chi connectivity index (χ4n) is 3.44. The third-order valence-corrected chi connectivity index (χ3v) is 5.46. The van der Waals surface area contributed by atoms with Crippen LogP contribution >= 0.6 is 0 Å². The molecule has 0 unspecified atom stereocenters. The SMILES string of the molecule is COCCN1CCN(C(=O)c2cn(CCC(C)C)cc(C(=O)NCC(C)C)c2=O)CC1. The van der Waals surface area contributed by atoms with Crippen molar-refractivity contribution < 1.29 is 14.3 Å². The molecule has 1 fully saturated rings. The van der Waals surface area contributed by atoms with Crippen molar-refractivity contribution in [2.45, 2.75) is 40.7 Å². The van der Waals surface area contributed by atoms with Gasteiger partial charge in [0.2, 0.25) is 5.43 Å². The van der Waals surface area contributed by atoms with E-state index in [0.29, 0.717) is 38.7 Å². The van der Waals surface area contributed by atoms with Crippen LogP contribution in [0.15, 0.2) is 17.2 Å². The standard InChI is InChI=1S/C23H38N4O4/c1-17(2)6-7-26-15-19(22(29)24-14-18(3)4)21(28)20(16-26)23(30)27-10-8-25(9-11-27)12-13-31-5/h15-18H,6-14H2,1-5H3,(H,24,29). The Labute approximate surface area is 185 Å². The lowest BCUT2D eigenvalue weighted by Gasteiger charge is -2.34. The minimum atomic E-state index is -0.492. The zero-order chi connectivity index (χ0) is 23.0. The molecule has 0 aliphatic carbocycles. The van der Waals surface area contributed by atoms with Gasteiger partial charge in [0.15, 0.2) is 0 Å². The molecule has 1 N–H and O–H groups in total. The minimum Gasteiger partial charge on any atom is -0.383 e. The summed E-state index contributed by atoms with van der Waals surface area (Å²) >= 11 is 0. The van der Waals surface area contributed by atoms with Crippen LogP contribution in [0.1, 0.15) is 54.8 Å². The van der Waals surface area contributed by atoms with Crippen LogP contribution in [0.2, 0.25) is 0 Å². The number of rotatable bonds is 10. The molecule has 0 aromatic carbocycles. The average Bonchev–Trinajstić information content (AvgIpc) is 2.75. The first-order chi connectivity index (χ1) is 14.7. The van der Waals surface area contributed by atoms with Crippen LogP contribution in [-0.4, -0.2) is 79.2 Å². The molecule has 0 radical (unpaired) electrons. The number of piperazine rings is 1. The summed E-state index contributed by atoms with van der Waals surface area (Å²) in [7, 11) is 1.67. The van der Waals surface area contributed by atoms with E-state index in [2.05, 4.69) is 24.1 Å². The first-order valence-electron chi connectivity index (χ1n) is 11.3. The van der Waals surface area contributed by atoms with E-state index in [1.165, 1.54) is 0 Å². The van der Waals surface area contributed by atoms with Gasteiger partial charge in [0.05, 0.1) is 6.61 Å². The summed E-state index contributed by atoms with van der Waals surface area (Å²) in [5, 5.41) is 2.81. The molecule has 2 heterocycles. The second-order valence-electron chi connectivity index (χ2n) is 9.07. The molecule has 1 aromatic heterocycles. The summed E-state index contributed by atoms with van der Waals surface area (Å²) in [6.45, 7) is 13.4. The Bertz CT molecular complexity index is 795. The molecule has 174 valence electrons. The molecule has 0 atom stereocenters. The largest absolute Gasteiger partial charge is 0.383 e. The summed E-state index contributed by atoms with van der Waals surface area (Å²) < 4.78 is 6.94. The fraction of sp³-hybridized carbons (Fsp3) is 0.696. The van der Waals surface area contributed by atoms with Crippen molar-refractivity contribution in [2.75, 3.05) is 53.0 Å². The molecular weight excluding hydrogens is 396 g/mol. The summed E-state index contributed by atoms with van der Waals surface area (Å²) in [6, 6.07) is 0. The van der Waals surface area contributed by atoms with Gasteiger partial charge in [0, 0.05) is 65.3 Å². The first-order valence-corrected chi connectivity index (χ1v) is 11.3. The van der Waals surface area contributed by atoms with E-state index in [9.17, 15) is 14.4 Å². The Morgan fingerprint density at radius 2 is 1.65 bits per heavy atom. The second-order valence-corrected chi connectivity index (χ2v) is 9.07. The van der Waals surface area contributed by atoms with Crippen molar-refractivity contribution in [1.82, 2.24) is 19.7 Å². The molecule has 2 amide bonds. The molecule has 1 aliphatic heterocycles. The van der Waals surface area contributed by atoms with E-state index in [4.69, 9.17) is 4.74 Å². The Balaban J connectivity index is 2.24. The molecule has 0 spiro atoms. The second kappa shape index (κ2) is 12.0. The molecule has 2 rings (SSSR count). The average molecular weight is 435 g/mol. The number of amides is 2. The van der Waals surface area contributed by atoms with Gasteiger partial charge >= 0.3 is 0 Å². The van der Waals surface area contributed by atoms with E-state index in [1.807, 2.05) is 18.4 Å². The van der Waals surface area contributed by atoms with E-state index in [1.54, 1.807) is 24.4 Å². The predicted octanol–water partition coefficient (Wildman–Crippen LogP) is 1.68. The molecule has 8 heteroatoms. The highest BCUT2D eigenvalue weighted by molar-refractivity contribution is 5.99. The summed E-state index contributed by atoms with van der Waals surface area (Å²) in [5.41, 5.74) is -0.380. The maximum absolute atomic E-state index is 13.2. The number of methoxy groups -OCH3 is 1. The number of carbonyl (C=O) groups is 2. The van der Waals surface area contributed by atoms with Gasteiger partial charge in [0.25, 0.3) is 11.8 Å². The van der Waals surface area contributed by atoms with Crippen molar-refractivity contribution in [3.05, 3.63) is 33.7 Å². The fourth-order valence-corrected chi connectivity index (χ4v) is 3.44. The number of nitrogens with zero attached hydrogens (tertiary/aromatic N) is 3. The van der Waals surface area contributed by atoms with E-state index < -0.39 is 11.3 Å². The third kappa shape index (κ3) is 7.47. The molecule has 0 saturated carbocycles. The highest BCUT2D eigenvalue weighted by atomic mass is 16.5. The van der Waals surface area contributed by atoms with Gasteiger partial charge in [-0.3, -0.25) is 19.3 Å². The third-order valence-electron chi connectivity index (χ3n) is 5.46. The smallest absolute Gasteiger partial charge is 0.259 e. The van der Waals surface area contributed by atoms with Gasteiger partial charge in [-0.1, -0.05) is 27.7 Å². The van der Waals surface area contributed by atoms with Crippen molar-refractivity contribution in [2.24, 2.45) is 11.8 Å². The lowest BCUT2D eigenvalue weighted by Crippen LogP contribution is -2.50. The van der Waals surface area contributed by atoms with Gasteiger partial charge in [-0.05, 0) is 18.3 Å². The lowest BCUT2D eigenvalue weighted by atomic mass is 10.1. The van der Waals surface area contributed by atoms with Crippen molar-refractivity contribution in [1.29, 1.82) is 0 Å². The summed E-state index contributed by atoms with van der Waals surface area (Å²) in [5.74, 6) is 0.0209. The predicted molar refractivity (Wildman–Crippen MR) is 122 cm³/mol. The molecule has 8 nitrogen and oxygen atoms in total.